The first-order valence-electron chi connectivity index (χ1n) is 12.5. The number of hydrogen-bond acceptors (Lipinski definition) is 6. The number of hydrazone groups is 1. The number of anilines is 1. The van der Waals surface area contributed by atoms with Gasteiger partial charge in [0.15, 0.2) is 6.29 Å². The number of benzene rings is 2. The standard InChI is InChI=1S/C27H33N5O3/c1-35-21-13-11-20(12-14-21)28-25(33)16-15-24-29-30-27-31(18-17-19-7-3-2-4-8-19)26(34)22-9-5-6-10-23(22)32(24)27/h2-4,7-8,11-14,22-23,27,30H,5-6,9-10,15-18H2,1H3,(H,28,33). The molecule has 8 nitrogen and oxygen atoms in total. The SMILES string of the molecule is COc1ccc(NC(=O)CCC2=NNC3N(CCc4ccccc4)C(=O)C4CCCCC4N23)cc1. The lowest BCUT2D eigenvalue weighted by Gasteiger charge is -2.50. The Kier molecular flexibility index (Phi) is 6.88. The van der Waals surface area contributed by atoms with Gasteiger partial charge in [0, 0.05) is 31.1 Å². The van der Waals surface area contributed by atoms with Crippen molar-refractivity contribution in [3.8, 4) is 5.75 Å². The fourth-order valence-corrected chi connectivity index (χ4v) is 5.49. The Morgan fingerprint density at radius 2 is 1.86 bits per heavy atom. The van der Waals surface area contributed by atoms with Gasteiger partial charge in [-0.25, -0.2) is 0 Å². The molecule has 0 bridgehead atoms. The van der Waals surface area contributed by atoms with E-state index in [1.807, 2.05) is 47.4 Å². The molecule has 5 rings (SSSR count). The molecule has 35 heavy (non-hydrogen) atoms. The van der Waals surface area contributed by atoms with Crippen LogP contribution in [0.2, 0.25) is 0 Å². The van der Waals surface area contributed by atoms with Gasteiger partial charge in [-0.05, 0) is 49.1 Å². The molecule has 2 amide bonds. The lowest BCUT2D eigenvalue weighted by Crippen LogP contribution is -2.67. The Labute approximate surface area is 206 Å². The van der Waals surface area contributed by atoms with Gasteiger partial charge in [0.25, 0.3) is 0 Å². The summed E-state index contributed by atoms with van der Waals surface area (Å²) in [7, 11) is 1.62. The summed E-state index contributed by atoms with van der Waals surface area (Å²) < 4.78 is 5.17. The van der Waals surface area contributed by atoms with Gasteiger partial charge in [0.05, 0.1) is 13.0 Å². The molecule has 184 valence electrons. The number of amides is 2. The van der Waals surface area contributed by atoms with E-state index < -0.39 is 0 Å². The van der Waals surface area contributed by atoms with E-state index in [1.165, 1.54) is 5.56 Å². The fourth-order valence-electron chi connectivity index (χ4n) is 5.49. The maximum Gasteiger partial charge on any atom is 0.230 e. The highest BCUT2D eigenvalue weighted by molar-refractivity contribution is 5.95. The molecular weight excluding hydrogens is 442 g/mol. The van der Waals surface area contributed by atoms with Crippen molar-refractivity contribution < 1.29 is 14.3 Å². The summed E-state index contributed by atoms with van der Waals surface area (Å²) in [5.74, 6) is 1.78. The molecule has 2 N–H and O–H groups in total. The van der Waals surface area contributed by atoms with Crippen LogP contribution in [0.25, 0.3) is 0 Å². The number of ether oxygens (including phenoxy) is 1. The Hall–Kier alpha value is -3.55. The minimum atomic E-state index is -0.273. The molecule has 0 spiro atoms. The van der Waals surface area contributed by atoms with E-state index in [2.05, 4.69) is 32.9 Å². The average Bonchev–Trinajstić information content (AvgIpc) is 3.32. The highest BCUT2D eigenvalue weighted by Crippen LogP contribution is 2.37. The van der Waals surface area contributed by atoms with Gasteiger partial charge in [0.1, 0.15) is 11.6 Å². The van der Waals surface area contributed by atoms with Crippen molar-refractivity contribution in [2.45, 2.75) is 57.3 Å². The molecule has 1 saturated carbocycles. The normalized spacial score (nSPS) is 23.2. The van der Waals surface area contributed by atoms with E-state index >= 15 is 0 Å². The van der Waals surface area contributed by atoms with Crippen LogP contribution in [0.15, 0.2) is 59.7 Å². The summed E-state index contributed by atoms with van der Waals surface area (Å²) >= 11 is 0. The third-order valence-electron chi connectivity index (χ3n) is 7.29. The third-order valence-corrected chi connectivity index (χ3v) is 7.29. The summed E-state index contributed by atoms with van der Waals surface area (Å²) in [6, 6.07) is 17.7. The van der Waals surface area contributed by atoms with Crippen LogP contribution in [0.3, 0.4) is 0 Å². The minimum absolute atomic E-state index is 0.00556. The van der Waals surface area contributed by atoms with Crippen LogP contribution in [0, 0.1) is 5.92 Å². The van der Waals surface area contributed by atoms with Gasteiger partial charge in [-0.2, -0.15) is 5.10 Å². The molecular formula is C27H33N5O3. The highest BCUT2D eigenvalue weighted by Gasteiger charge is 2.50. The summed E-state index contributed by atoms with van der Waals surface area (Å²) in [6.45, 7) is 0.640. The predicted molar refractivity (Wildman–Crippen MR) is 135 cm³/mol. The Bertz CT molecular complexity index is 1070. The van der Waals surface area contributed by atoms with E-state index in [4.69, 9.17) is 4.74 Å². The van der Waals surface area contributed by atoms with Gasteiger partial charge in [-0.15, -0.1) is 0 Å². The van der Waals surface area contributed by atoms with Gasteiger partial charge in [0.2, 0.25) is 11.8 Å². The zero-order valence-electron chi connectivity index (χ0n) is 20.2. The molecule has 3 atom stereocenters. The van der Waals surface area contributed by atoms with Crippen LogP contribution in [0.5, 0.6) is 5.75 Å². The molecule has 3 aliphatic rings. The molecule has 8 heteroatoms. The second-order valence-corrected chi connectivity index (χ2v) is 9.44. The molecule has 2 heterocycles. The lowest BCUT2D eigenvalue weighted by atomic mass is 9.80. The van der Waals surface area contributed by atoms with Crippen molar-refractivity contribution in [3.63, 3.8) is 0 Å². The maximum atomic E-state index is 13.5. The number of fused-ring (bicyclic) bond motifs is 3. The van der Waals surface area contributed by atoms with Crippen molar-refractivity contribution in [1.82, 2.24) is 15.2 Å². The molecule has 0 aromatic heterocycles. The number of rotatable bonds is 8. The zero-order valence-corrected chi connectivity index (χ0v) is 20.2. The molecule has 1 aliphatic carbocycles. The largest absolute Gasteiger partial charge is 0.497 e. The predicted octanol–water partition coefficient (Wildman–Crippen LogP) is 3.56. The molecule has 2 aliphatic heterocycles. The quantitative estimate of drug-likeness (QED) is 0.610. The first-order valence-corrected chi connectivity index (χ1v) is 12.5. The second-order valence-electron chi connectivity index (χ2n) is 9.44. The van der Waals surface area contributed by atoms with E-state index in [-0.39, 0.29) is 30.1 Å². The molecule has 3 unspecified atom stereocenters. The van der Waals surface area contributed by atoms with Crippen molar-refractivity contribution in [2.75, 3.05) is 19.0 Å². The van der Waals surface area contributed by atoms with Gasteiger partial charge < -0.3 is 19.9 Å². The van der Waals surface area contributed by atoms with Crippen LogP contribution in [0.1, 0.15) is 44.1 Å². The number of amidine groups is 1. The first-order chi connectivity index (χ1) is 17.1. The lowest BCUT2D eigenvalue weighted by molar-refractivity contribution is -0.155. The topological polar surface area (TPSA) is 86.3 Å². The maximum absolute atomic E-state index is 13.5. The summed E-state index contributed by atoms with van der Waals surface area (Å²) in [4.78, 5) is 30.4. The average molecular weight is 476 g/mol. The number of nitrogens with zero attached hydrogens (tertiary/aromatic N) is 3. The van der Waals surface area contributed by atoms with Crippen molar-refractivity contribution >= 4 is 23.3 Å². The number of carbonyl (C=O) groups excluding carboxylic acids is 2. The van der Waals surface area contributed by atoms with Crippen LogP contribution in [-0.4, -0.2) is 53.4 Å². The second kappa shape index (κ2) is 10.4. The molecule has 0 radical (unpaired) electrons. The van der Waals surface area contributed by atoms with Crippen LogP contribution in [-0.2, 0) is 16.0 Å². The molecule has 2 aromatic carbocycles. The Morgan fingerprint density at radius 3 is 2.63 bits per heavy atom. The Morgan fingerprint density at radius 1 is 1.09 bits per heavy atom. The van der Waals surface area contributed by atoms with Crippen LogP contribution in [0.4, 0.5) is 5.69 Å². The van der Waals surface area contributed by atoms with Crippen molar-refractivity contribution in [1.29, 1.82) is 0 Å². The zero-order chi connectivity index (χ0) is 24.2. The van der Waals surface area contributed by atoms with Crippen LogP contribution >= 0.6 is 0 Å². The molecule has 2 fully saturated rings. The summed E-state index contributed by atoms with van der Waals surface area (Å²) in [5, 5.41) is 7.56. The monoisotopic (exact) mass is 475 g/mol. The van der Waals surface area contributed by atoms with E-state index in [0.717, 1.165) is 49.4 Å². The van der Waals surface area contributed by atoms with E-state index in [0.29, 0.717) is 19.4 Å². The molecule has 1 saturated heterocycles. The number of methoxy groups -OCH3 is 1. The number of carbonyl (C=O) groups is 2. The highest BCUT2D eigenvalue weighted by atomic mass is 16.5. The van der Waals surface area contributed by atoms with Gasteiger partial charge >= 0.3 is 0 Å². The summed E-state index contributed by atoms with van der Waals surface area (Å²) in [5.41, 5.74) is 5.17. The molecule has 2 aromatic rings. The Balaban J connectivity index is 1.25. The fraction of sp³-hybridized carbons (Fsp3) is 0.444. The van der Waals surface area contributed by atoms with E-state index in [9.17, 15) is 9.59 Å². The first kappa shape index (κ1) is 23.2. The van der Waals surface area contributed by atoms with Crippen molar-refractivity contribution in [3.05, 3.63) is 60.2 Å². The minimum Gasteiger partial charge on any atom is -0.497 e. The number of hydrogen-bond donors (Lipinski definition) is 2. The van der Waals surface area contributed by atoms with E-state index in [1.54, 1.807) is 7.11 Å². The third kappa shape index (κ3) is 4.97. The number of nitrogens with one attached hydrogen (secondary N) is 2. The smallest absolute Gasteiger partial charge is 0.230 e. The van der Waals surface area contributed by atoms with Gasteiger partial charge in [-0.1, -0.05) is 43.2 Å². The van der Waals surface area contributed by atoms with Crippen molar-refractivity contribution in [2.24, 2.45) is 11.0 Å². The van der Waals surface area contributed by atoms with Crippen LogP contribution < -0.4 is 15.5 Å². The van der Waals surface area contributed by atoms with Gasteiger partial charge in [-0.3, -0.25) is 15.0 Å². The summed E-state index contributed by atoms with van der Waals surface area (Å²) in [6.07, 6.45) is 5.48.